The van der Waals surface area contributed by atoms with Crippen LogP contribution >= 0.6 is 0 Å². The Morgan fingerprint density at radius 3 is 2.64 bits per heavy atom. The Labute approximate surface area is 151 Å². The van der Waals surface area contributed by atoms with Crippen molar-refractivity contribution >= 4 is 5.91 Å². The predicted octanol–water partition coefficient (Wildman–Crippen LogP) is 3.22. The lowest BCUT2D eigenvalue weighted by Crippen LogP contribution is -2.50. The number of rotatable bonds is 5. The molecule has 2 saturated heterocycles. The summed E-state index contributed by atoms with van der Waals surface area (Å²) in [6, 6.07) is 8.28. The quantitative estimate of drug-likeness (QED) is 0.822. The van der Waals surface area contributed by atoms with E-state index in [4.69, 9.17) is 9.47 Å². The normalized spacial score (nSPS) is 23.0. The molecule has 0 N–H and O–H groups in total. The molecule has 1 atom stereocenters. The van der Waals surface area contributed by atoms with Crippen LogP contribution in [0, 0.1) is 18.3 Å². The van der Waals surface area contributed by atoms with Gasteiger partial charge in [0.05, 0.1) is 19.6 Å². The Hall–Kier alpha value is -1.39. The van der Waals surface area contributed by atoms with Crippen molar-refractivity contribution in [3.8, 4) is 0 Å². The Morgan fingerprint density at radius 2 is 1.96 bits per heavy atom. The van der Waals surface area contributed by atoms with Crippen LogP contribution in [0.5, 0.6) is 0 Å². The largest absolute Gasteiger partial charge is 0.381 e. The standard InChI is InChI=1S/C21H31NO3/c1-3-24-15-19-16-25-13-10-21(19)8-11-22(12-9-21)20(23)14-18-6-4-17(2)5-7-18/h4-7,19H,3,8-16H2,1-2H3. The van der Waals surface area contributed by atoms with E-state index < -0.39 is 0 Å². The number of likely N-dealkylation sites (tertiary alicyclic amines) is 1. The monoisotopic (exact) mass is 345 g/mol. The lowest BCUT2D eigenvalue weighted by molar-refractivity contribution is -0.138. The maximum Gasteiger partial charge on any atom is 0.226 e. The van der Waals surface area contributed by atoms with Crippen LogP contribution in [0.15, 0.2) is 24.3 Å². The van der Waals surface area contributed by atoms with Gasteiger partial charge in [-0.15, -0.1) is 0 Å². The van der Waals surface area contributed by atoms with Crippen molar-refractivity contribution in [3.05, 3.63) is 35.4 Å². The number of hydrogen-bond donors (Lipinski definition) is 0. The first-order valence-electron chi connectivity index (χ1n) is 9.62. The number of carbonyl (C=O) groups excluding carboxylic acids is 1. The van der Waals surface area contributed by atoms with Crippen LogP contribution in [-0.2, 0) is 20.7 Å². The van der Waals surface area contributed by atoms with Gasteiger partial charge in [0.15, 0.2) is 0 Å². The highest BCUT2D eigenvalue weighted by Gasteiger charge is 2.44. The number of nitrogens with zero attached hydrogens (tertiary/aromatic N) is 1. The predicted molar refractivity (Wildman–Crippen MR) is 98.5 cm³/mol. The maximum absolute atomic E-state index is 12.7. The Kier molecular flexibility index (Phi) is 6.13. The van der Waals surface area contributed by atoms with Gasteiger partial charge in [0.2, 0.25) is 5.91 Å². The summed E-state index contributed by atoms with van der Waals surface area (Å²) in [6.45, 7) is 9.05. The first kappa shape index (κ1) is 18.4. The van der Waals surface area contributed by atoms with E-state index in [1.807, 2.05) is 6.92 Å². The van der Waals surface area contributed by atoms with E-state index in [2.05, 4.69) is 36.1 Å². The molecule has 4 heteroatoms. The molecular weight excluding hydrogens is 314 g/mol. The molecule has 0 saturated carbocycles. The first-order chi connectivity index (χ1) is 12.1. The van der Waals surface area contributed by atoms with Gasteiger partial charge in [-0.3, -0.25) is 4.79 Å². The summed E-state index contributed by atoms with van der Waals surface area (Å²) in [4.78, 5) is 14.7. The van der Waals surface area contributed by atoms with Gasteiger partial charge >= 0.3 is 0 Å². The average molecular weight is 345 g/mol. The Balaban J connectivity index is 1.56. The third-order valence-electron chi connectivity index (χ3n) is 6.04. The molecule has 0 radical (unpaired) electrons. The molecular formula is C21H31NO3. The molecule has 1 aromatic carbocycles. The van der Waals surface area contributed by atoms with Gasteiger partial charge in [-0.25, -0.2) is 0 Å². The summed E-state index contributed by atoms with van der Waals surface area (Å²) >= 11 is 0. The van der Waals surface area contributed by atoms with Crippen LogP contribution in [0.4, 0.5) is 0 Å². The number of ether oxygens (including phenoxy) is 2. The molecule has 0 aromatic heterocycles. The van der Waals surface area contributed by atoms with Crippen LogP contribution in [0.1, 0.15) is 37.3 Å². The fourth-order valence-electron chi connectivity index (χ4n) is 4.22. The molecule has 2 fully saturated rings. The van der Waals surface area contributed by atoms with E-state index in [0.29, 0.717) is 17.8 Å². The molecule has 25 heavy (non-hydrogen) atoms. The number of amides is 1. The minimum absolute atomic E-state index is 0.257. The second kappa shape index (κ2) is 8.33. The van der Waals surface area contributed by atoms with Crippen molar-refractivity contribution in [2.45, 2.75) is 39.5 Å². The molecule has 0 aliphatic carbocycles. The Bertz CT molecular complexity index is 561. The first-order valence-corrected chi connectivity index (χ1v) is 9.62. The molecule has 1 aromatic rings. The van der Waals surface area contributed by atoms with E-state index in [9.17, 15) is 4.79 Å². The molecule has 2 heterocycles. The number of hydrogen-bond acceptors (Lipinski definition) is 3. The average Bonchev–Trinajstić information content (AvgIpc) is 2.63. The zero-order chi connectivity index (χ0) is 17.7. The van der Waals surface area contributed by atoms with Crippen LogP contribution in [0.25, 0.3) is 0 Å². The van der Waals surface area contributed by atoms with Crippen LogP contribution in [-0.4, -0.2) is 50.3 Å². The minimum atomic E-state index is 0.257. The molecule has 4 nitrogen and oxygen atoms in total. The summed E-state index contributed by atoms with van der Waals surface area (Å²) in [5.41, 5.74) is 2.64. The number of piperidine rings is 1. The highest BCUT2D eigenvalue weighted by atomic mass is 16.5. The van der Waals surface area contributed by atoms with E-state index in [-0.39, 0.29) is 5.91 Å². The summed E-state index contributed by atoms with van der Waals surface area (Å²) in [6.07, 6.45) is 3.77. The van der Waals surface area contributed by atoms with E-state index in [0.717, 1.165) is 64.3 Å². The molecule has 0 bridgehead atoms. The molecule has 2 aliphatic heterocycles. The zero-order valence-electron chi connectivity index (χ0n) is 15.6. The molecule has 1 amide bonds. The van der Waals surface area contributed by atoms with Crippen LogP contribution in [0.2, 0.25) is 0 Å². The summed E-state index contributed by atoms with van der Waals surface area (Å²) in [5.74, 6) is 0.725. The van der Waals surface area contributed by atoms with Crippen molar-refractivity contribution in [2.75, 3.05) is 39.5 Å². The van der Waals surface area contributed by atoms with Gasteiger partial charge in [0, 0.05) is 32.2 Å². The van der Waals surface area contributed by atoms with Gasteiger partial charge in [-0.05, 0) is 44.1 Å². The minimum Gasteiger partial charge on any atom is -0.381 e. The number of aryl methyl sites for hydroxylation is 1. The van der Waals surface area contributed by atoms with Crippen LogP contribution < -0.4 is 0 Å². The fourth-order valence-corrected chi connectivity index (χ4v) is 4.22. The highest BCUT2D eigenvalue weighted by Crippen LogP contribution is 2.44. The molecule has 1 unspecified atom stereocenters. The molecule has 3 rings (SSSR count). The second-order valence-corrected chi connectivity index (χ2v) is 7.59. The van der Waals surface area contributed by atoms with Crippen LogP contribution in [0.3, 0.4) is 0 Å². The maximum atomic E-state index is 12.7. The SMILES string of the molecule is CCOCC1COCCC12CCN(C(=O)Cc1ccc(C)cc1)CC2. The fraction of sp³-hybridized carbons (Fsp3) is 0.667. The second-order valence-electron chi connectivity index (χ2n) is 7.59. The molecule has 2 aliphatic rings. The van der Waals surface area contributed by atoms with E-state index in [1.54, 1.807) is 0 Å². The third kappa shape index (κ3) is 4.42. The smallest absolute Gasteiger partial charge is 0.226 e. The van der Waals surface area contributed by atoms with Gasteiger partial charge in [0.25, 0.3) is 0 Å². The summed E-state index contributed by atoms with van der Waals surface area (Å²) < 4.78 is 11.4. The van der Waals surface area contributed by atoms with Crippen molar-refractivity contribution in [2.24, 2.45) is 11.3 Å². The van der Waals surface area contributed by atoms with Gasteiger partial charge < -0.3 is 14.4 Å². The van der Waals surface area contributed by atoms with Gasteiger partial charge in [-0.2, -0.15) is 0 Å². The van der Waals surface area contributed by atoms with Gasteiger partial charge in [-0.1, -0.05) is 29.8 Å². The Morgan fingerprint density at radius 1 is 1.24 bits per heavy atom. The van der Waals surface area contributed by atoms with Crippen molar-refractivity contribution in [1.29, 1.82) is 0 Å². The summed E-state index contributed by atoms with van der Waals surface area (Å²) in [5, 5.41) is 0. The van der Waals surface area contributed by atoms with Crippen molar-refractivity contribution in [3.63, 3.8) is 0 Å². The molecule has 138 valence electrons. The molecule has 1 spiro atoms. The topological polar surface area (TPSA) is 38.8 Å². The third-order valence-corrected chi connectivity index (χ3v) is 6.04. The number of benzene rings is 1. The highest BCUT2D eigenvalue weighted by molar-refractivity contribution is 5.78. The van der Waals surface area contributed by atoms with Gasteiger partial charge in [0.1, 0.15) is 0 Å². The van der Waals surface area contributed by atoms with Crippen molar-refractivity contribution in [1.82, 2.24) is 4.90 Å². The van der Waals surface area contributed by atoms with E-state index in [1.165, 1.54) is 5.56 Å². The lowest BCUT2D eigenvalue weighted by atomic mass is 9.66. The van der Waals surface area contributed by atoms with E-state index >= 15 is 0 Å². The lowest BCUT2D eigenvalue weighted by Gasteiger charge is -2.49. The zero-order valence-corrected chi connectivity index (χ0v) is 15.6. The van der Waals surface area contributed by atoms with Crippen molar-refractivity contribution < 1.29 is 14.3 Å². The number of carbonyl (C=O) groups is 1. The summed E-state index contributed by atoms with van der Waals surface area (Å²) in [7, 11) is 0.